The van der Waals surface area contributed by atoms with E-state index in [2.05, 4.69) is 6.92 Å². The summed E-state index contributed by atoms with van der Waals surface area (Å²) in [5.74, 6) is 0.165. The summed E-state index contributed by atoms with van der Waals surface area (Å²) in [5, 5.41) is 0. The Kier molecular flexibility index (Phi) is 6.93. The average molecular weight is 300 g/mol. The summed E-state index contributed by atoms with van der Waals surface area (Å²) in [6, 6.07) is 6.63. The second kappa shape index (κ2) is 8.20. The topological polar surface area (TPSA) is 72.8 Å². The molecule has 20 heavy (non-hydrogen) atoms. The quantitative estimate of drug-likeness (QED) is 0.430. The van der Waals surface area contributed by atoms with Gasteiger partial charge in [-0.1, -0.05) is 25.5 Å². The van der Waals surface area contributed by atoms with Gasteiger partial charge in [-0.15, -0.1) is 0 Å². The fourth-order valence-electron chi connectivity index (χ4n) is 1.61. The van der Waals surface area contributed by atoms with Crippen LogP contribution in [-0.2, 0) is 9.09 Å². The maximum absolute atomic E-state index is 11.9. The lowest BCUT2D eigenvalue weighted by Crippen LogP contribution is -2.08. The number of rotatable bonds is 9. The van der Waals surface area contributed by atoms with E-state index in [-0.39, 0.29) is 6.61 Å². The second-order valence-corrected chi connectivity index (χ2v) is 6.22. The molecule has 0 radical (unpaired) electrons. The maximum Gasteiger partial charge on any atom is 0.335 e. The standard InChI is InChI=1S/C14H21O5P/c1-3-5-9-18-13-8-6-7-12(10-13)14(15)11-20(16,17)19-4-2/h6-8,10H,3-5,9,11H2,1-2H3,(H,16,17). The van der Waals surface area contributed by atoms with Gasteiger partial charge in [-0.05, 0) is 25.5 Å². The van der Waals surface area contributed by atoms with Crippen LogP contribution >= 0.6 is 7.60 Å². The number of ether oxygens (including phenoxy) is 1. The molecule has 1 atom stereocenters. The molecule has 0 heterocycles. The minimum atomic E-state index is -3.85. The molecule has 0 spiro atoms. The molecule has 0 aromatic heterocycles. The summed E-state index contributed by atoms with van der Waals surface area (Å²) in [5.41, 5.74) is 0.355. The molecule has 0 aliphatic rings. The Balaban J connectivity index is 2.68. The highest BCUT2D eigenvalue weighted by molar-refractivity contribution is 7.53. The van der Waals surface area contributed by atoms with Gasteiger partial charge in [-0.25, -0.2) is 0 Å². The zero-order valence-corrected chi connectivity index (χ0v) is 12.8. The van der Waals surface area contributed by atoms with Gasteiger partial charge in [-0.2, -0.15) is 0 Å². The lowest BCUT2D eigenvalue weighted by Gasteiger charge is -2.10. The van der Waals surface area contributed by atoms with E-state index in [0.29, 0.717) is 17.9 Å². The molecule has 0 fully saturated rings. The molecule has 6 heteroatoms. The van der Waals surface area contributed by atoms with E-state index >= 15 is 0 Å². The van der Waals surface area contributed by atoms with Crippen molar-refractivity contribution in [2.45, 2.75) is 26.7 Å². The van der Waals surface area contributed by atoms with Gasteiger partial charge in [0.1, 0.15) is 11.9 Å². The molecule has 112 valence electrons. The molecular weight excluding hydrogens is 279 g/mol. The smallest absolute Gasteiger partial charge is 0.335 e. The third kappa shape index (κ3) is 5.87. The monoisotopic (exact) mass is 300 g/mol. The summed E-state index contributed by atoms with van der Waals surface area (Å²) in [6.45, 7) is 4.36. The number of hydrogen-bond acceptors (Lipinski definition) is 4. The summed E-state index contributed by atoms with van der Waals surface area (Å²) in [7, 11) is -3.85. The predicted octanol–water partition coefficient (Wildman–Crippen LogP) is 3.27. The van der Waals surface area contributed by atoms with Crippen LogP contribution in [0.1, 0.15) is 37.0 Å². The van der Waals surface area contributed by atoms with Gasteiger partial charge in [0.15, 0.2) is 5.78 Å². The second-order valence-electron chi connectivity index (χ2n) is 4.37. The third-order valence-corrected chi connectivity index (χ3v) is 3.95. The Bertz CT molecular complexity index is 486. The highest BCUT2D eigenvalue weighted by Gasteiger charge is 2.24. The zero-order valence-electron chi connectivity index (χ0n) is 11.9. The van der Waals surface area contributed by atoms with Gasteiger partial charge < -0.3 is 14.2 Å². The van der Waals surface area contributed by atoms with E-state index < -0.39 is 19.5 Å². The molecule has 1 aromatic rings. The van der Waals surface area contributed by atoms with E-state index in [4.69, 9.17) is 9.26 Å². The molecule has 0 amide bonds. The molecule has 1 rings (SSSR count). The van der Waals surface area contributed by atoms with Crippen LogP contribution in [0.25, 0.3) is 0 Å². The summed E-state index contributed by atoms with van der Waals surface area (Å²) < 4.78 is 21.8. The van der Waals surface area contributed by atoms with Crippen molar-refractivity contribution in [1.29, 1.82) is 0 Å². The first-order valence-electron chi connectivity index (χ1n) is 6.71. The van der Waals surface area contributed by atoms with E-state index in [1.54, 1.807) is 31.2 Å². The van der Waals surface area contributed by atoms with Crippen molar-refractivity contribution in [2.75, 3.05) is 19.4 Å². The molecule has 0 bridgehead atoms. The van der Waals surface area contributed by atoms with E-state index in [1.807, 2.05) is 0 Å². The SMILES string of the molecule is CCCCOc1cccc(C(=O)CP(=O)(O)OCC)c1. The number of unbranched alkanes of at least 4 members (excludes halogenated alkanes) is 1. The van der Waals surface area contributed by atoms with Crippen molar-refractivity contribution >= 4 is 13.4 Å². The maximum atomic E-state index is 11.9. The Morgan fingerprint density at radius 1 is 1.35 bits per heavy atom. The van der Waals surface area contributed by atoms with Crippen LogP contribution < -0.4 is 4.74 Å². The van der Waals surface area contributed by atoms with Crippen LogP contribution in [0.2, 0.25) is 0 Å². The van der Waals surface area contributed by atoms with Crippen LogP contribution in [0.3, 0.4) is 0 Å². The third-order valence-electron chi connectivity index (χ3n) is 2.60. The van der Waals surface area contributed by atoms with Crippen molar-refractivity contribution in [3.05, 3.63) is 29.8 Å². The molecule has 1 unspecified atom stereocenters. The summed E-state index contributed by atoms with van der Waals surface area (Å²) in [4.78, 5) is 21.4. The molecule has 0 saturated heterocycles. The van der Waals surface area contributed by atoms with Gasteiger partial charge in [0, 0.05) is 5.56 Å². The van der Waals surface area contributed by atoms with Crippen molar-refractivity contribution in [1.82, 2.24) is 0 Å². The minimum absolute atomic E-state index is 0.0984. The number of carbonyl (C=O) groups is 1. The van der Waals surface area contributed by atoms with Crippen LogP contribution in [0.4, 0.5) is 0 Å². The lowest BCUT2D eigenvalue weighted by molar-refractivity contribution is 0.101. The average Bonchev–Trinajstić information content (AvgIpc) is 2.38. The van der Waals surface area contributed by atoms with Gasteiger partial charge >= 0.3 is 7.60 Å². The van der Waals surface area contributed by atoms with Crippen molar-refractivity contribution in [3.63, 3.8) is 0 Å². The molecule has 1 aromatic carbocycles. The number of benzene rings is 1. The lowest BCUT2D eigenvalue weighted by atomic mass is 10.1. The first-order chi connectivity index (χ1) is 9.48. The fraction of sp³-hybridized carbons (Fsp3) is 0.500. The van der Waals surface area contributed by atoms with E-state index in [0.717, 1.165) is 12.8 Å². The van der Waals surface area contributed by atoms with Crippen LogP contribution in [0.5, 0.6) is 5.75 Å². The summed E-state index contributed by atoms with van der Waals surface area (Å²) >= 11 is 0. The molecule has 0 aliphatic heterocycles. The van der Waals surface area contributed by atoms with Crippen molar-refractivity contribution in [3.8, 4) is 5.75 Å². The highest BCUT2D eigenvalue weighted by atomic mass is 31.2. The number of hydrogen-bond donors (Lipinski definition) is 1. The first kappa shape index (κ1) is 16.9. The molecule has 0 saturated carbocycles. The van der Waals surface area contributed by atoms with Crippen LogP contribution in [-0.4, -0.2) is 30.1 Å². The minimum Gasteiger partial charge on any atom is -0.494 e. The molecular formula is C14H21O5P. The van der Waals surface area contributed by atoms with Crippen LogP contribution in [0, 0.1) is 0 Å². The fourth-order valence-corrected chi connectivity index (χ4v) is 2.65. The Morgan fingerprint density at radius 2 is 2.10 bits per heavy atom. The van der Waals surface area contributed by atoms with Crippen molar-refractivity contribution in [2.24, 2.45) is 0 Å². The van der Waals surface area contributed by atoms with Gasteiger partial charge in [0.25, 0.3) is 0 Å². The predicted molar refractivity (Wildman–Crippen MR) is 77.5 cm³/mol. The number of ketones is 1. The molecule has 0 aliphatic carbocycles. The largest absolute Gasteiger partial charge is 0.494 e. The first-order valence-corrected chi connectivity index (χ1v) is 8.47. The van der Waals surface area contributed by atoms with Gasteiger partial charge in [0.2, 0.25) is 0 Å². The van der Waals surface area contributed by atoms with Crippen molar-refractivity contribution < 1.29 is 23.5 Å². The molecule has 5 nitrogen and oxygen atoms in total. The molecule has 1 N–H and O–H groups in total. The number of Topliss-reactive ketones (excluding diaryl/α,β-unsaturated/α-hetero) is 1. The Morgan fingerprint density at radius 3 is 2.75 bits per heavy atom. The normalized spacial score (nSPS) is 13.8. The Hall–Kier alpha value is -1.16. The van der Waals surface area contributed by atoms with E-state index in [1.165, 1.54) is 0 Å². The Labute approximate surface area is 119 Å². The number of carbonyl (C=O) groups excluding carboxylic acids is 1. The van der Waals surface area contributed by atoms with E-state index in [9.17, 15) is 14.3 Å². The summed E-state index contributed by atoms with van der Waals surface area (Å²) in [6.07, 6.45) is 1.45. The van der Waals surface area contributed by atoms with Gasteiger partial charge in [-0.3, -0.25) is 9.36 Å². The highest BCUT2D eigenvalue weighted by Crippen LogP contribution is 2.42. The zero-order chi connectivity index (χ0) is 15.0. The van der Waals surface area contributed by atoms with Crippen LogP contribution in [0.15, 0.2) is 24.3 Å². The van der Waals surface area contributed by atoms with Gasteiger partial charge in [0.05, 0.1) is 13.2 Å².